The fourth-order valence-electron chi connectivity index (χ4n) is 1.44. The number of fused-ring (bicyclic) bond motifs is 1. The molecule has 1 aromatic heterocycles. The van der Waals surface area contributed by atoms with E-state index in [0.29, 0.717) is 0 Å². The maximum atomic E-state index is 4.47. The highest BCUT2D eigenvalue weighted by Crippen LogP contribution is 2.20. The quantitative estimate of drug-likeness (QED) is 0.745. The predicted molar refractivity (Wildman–Crippen MR) is 53.7 cm³/mol. The average Bonchev–Trinajstić information content (AvgIpc) is 2.17. The van der Waals surface area contributed by atoms with E-state index in [2.05, 4.69) is 38.4 Å². The minimum absolute atomic E-state index is 0.835. The number of aromatic nitrogens is 1. The normalized spacial score (nSPS) is 15.1. The molecule has 0 aliphatic carbocycles. The first-order valence-electron chi connectivity index (χ1n) is 4.19. The van der Waals surface area contributed by atoms with E-state index in [4.69, 9.17) is 0 Å². The summed E-state index contributed by atoms with van der Waals surface area (Å²) >= 11 is 3.40. The lowest BCUT2D eigenvalue weighted by Gasteiger charge is -2.16. The van der Waals surface area contributed by atoms with Gasteiger partial charge in [-0.3, -0.25) is 0 Å². The van der Waals surface area contributed by atoms with Crippen molar-refractivity contribution in [3.05, 3.63) is 23.4 Å². The lowest BCUT2D eigenvalue weighted by Crippen LogP contribution is -2.13. The van der Waals surface area contributed by atoms with Crippen LogP contribution in [0.4, 0.5) is 5.82 Å². The summed E-state index contributed by atoms with van der Waals surface area (Å²) in [4.78, 5) is 4.47. The van der Waals surface area contributed by atoms with Crippen LogP contribution in [0.2, 0.25) is 0 Å². The molecule has 0 unspecified atom stereocenters. The minimum atomic E-state index is 0.835. The molecule has 0 aromatic carbocycles. The second kappa shape index (κ2) is 3.44. The molecule has 1 aliphatic heterocycles. The van der Waals surface area contributed by atoms with Crippen LogP contribution >= 0.6 is 15.9 Å². The second-order valence-corrected chi connectivity index (χ2v) is 3.54. The van der Waals surface area contributed by atoms with Crippen LogP contribution in [0.25, 0.3) is 0 Å². The summed E-state index contributed by atoms with van der Waals surface area (Å²) in [6, 6.07) is 4.26. The van der Waals surface area contributed by atoms with Gasteiger partial charge in [-0.2, -0.15) is 0 Å². The Morgan fingerprint density at radius 2 is 2.42 bits per heavy atom. The van der Waals surface area contributed by atoms with Crippen molar-refractivity contribution < 1.29 is 0 Å². The number of rotatable bonds is 1. The molecule has 0 saturated heterocycles. The topological polar surface area (TPSA) is 24.9 Å². The number of anilines is 1. The van der Waals surface area contributed by atoms with Gasteiger partial charge in [0.15, 0.2) is 0 Å². The first kappa shape index (κ1) is 8.05. The highest BCUT2D eigenvalue weighted by molar-refractivity contribution is 9.08. The molecule has 0 bridgehead atoms. The van der Waals surface area contributed by atoms with E-state index in [1.54, 1.807) is 0 Å². The average molecular weight is 227 g/mol. The Bertz CT molecular complexity index is 286. The Balaban J connectivity index is 2.36. The van der Waals surface area contributed by atoms with Gasteiger partial charge in [0.1, 0.15) is 5.82 Å². The molecule has 12 heavy (non-hydrogen) atoms. The maximum absolute atomic E-state index is 4.47. The van der Waals surface area contributed by atoms with E-state index >= 15 is 0 Å². The number of hydrogen-bond acceptors (Lipinski definition) is 2. The van der Waals surface area contributed by atoms with Gasteiger partial charge in [-0.15, -0.1) is 0 Å². The van der Waals surface area contributed by atoms with Gasteiger partial charge < -0.3 is 5.32 Å². The van der Waals surface area contributed by atoms with Crippen molar-refractivity contribution in [2.24, 2.45) is 0 Å². The number of aryl methyl sites for hydroxylation is 1. The zero-order valence-electron chi connectivity index (χ0n) is 6.81. The summed E-state index contributed by atoms with van der Waals surface area (Å²) in [6.45, 7) is 1.06. The van der Waals surface area contributed by atoms with E-state index in [1.165, 1.54) is 12.0 Å². The lowest BCUT2D eigenvalue weighted by molar-refractivity contribution is 0.814. The van der Waals surface area contributed by atoms with Gasteiger partial charge in [0.05, 0.1) is 5.69 Å². The fraction of sp³-hybridized carbons (Fsp3) is 0.444. The van der Waals surface area contributed by atoms with Crippen molar-refractivity contribution in [2.45, 2.75) is 18.2 Å². The monoisotopic (exact) mass is 226 g/mol. The number of pyridine rings is 1. The van der Waals surface area contributed by atoms with Crippen LogP contribution in [-0.2, 0) is 11.8 Å². The molecule has 0 radical (unpaired) electrons. The van der Waals surface area contributed by atoms with Crippen LogP contribution in [0.5, 0.6) is 0 Å². The molecule has 0 atom stereocenters. The molecule has 3 heteroatoms. The summed E-state index contributed by atoms with van der Waals surface area (Å²) in [6.07, 6.45) is 2.39. The molecule has 1 aliphatic rings. The van der Waals surface area contributed by atoms with Crippen LogP contribution in [0.3, 0.4) is 0 Å². The third kappa shape index (κ3) is 1.46. The predicted octanol–water partition coefficient (Wildman–Crippen LogP) is 2.33. The summed E-state index contributed by atoms with van der Waals surface area (Å²) < 4.78 is 0. The van der Waals surface area contributed by atoms with Gasteiger partial charge >= 0.3 is 0 Å². The maximum Gasteiger partial charge on any atom is 0.129 e. The third-order valence-corrected chi connectivity index (χ3v) is 2.66. The van der Waals surface area contributed by atoms with Crippen molar-refractivity contribution >= 4 is 21.7 Å². The van der Waals surface area contributed by atoms with E-state index < -0.39 is 0 Å². The summed E-state index contributed by atoms with van der Waals surface area (Å²) in [5, 5.41) is 4.14. The number of nitrogens with one attached hydrogen (secondary N) is 1. The van der Waals surface area contributed by atoms with Crippen LogP contribution in [0, 0.1) is 0 Å². The van der Waals surface area contributed by atoms with Gasteiger partial charge in [-0.05, 0) is 24.5 Å². The Morgan fingerprint density at radius 3 is 3.25 bits per heavy atom. The smallest absolute Gasteiger partial charge is 0.129 e. The van der Waals surface area contributed by atoms with Crippen molar-refractivity contribution in [3.63, 3.8) is 0 Å². The number of hydrogen-bond donors (Lipinski definition) is 1. The standard InChI is InChI=1S/C9H11BrN2/c10-6-8-4-3-7-2-1-5-11-9(7)12-8/h3-4H,1-2,5-6H2,(H,11,12). The molecule has 2 heterocycles. The van der Waals surface area contributed by atoms with Gasteiger partial charge in [0, 0.05) is 11.9 Å². The van der Waals surface area contributed by atoms with E-state index in [1.807, 2.05) is 0 Å². The van der Waals surface area contributed by atoms with Crippen LogP contribution in [0.1, 0.15) is 17.7 Å². The Hall–Kier alpha value is -0.570. The number of halogens is 1. The molecule has 2 nitrogen and oxygen atoms in total. The van der Waals surface area contributed by atoms with Crippen molar-refractivity contribution in [2.75, 3.05) is 11.9 Å². The Kier molecular flexibility index (Phi) is 2.30. The van der Waals surface area contributed by atoms with E-state index in [0.717, 1.165) is 29.8 Å². The zero-order chi connectivity index (χ0) is 8.39. The van der Waals surface area contributed by atoms with Crippen molar-refractivity contribution in [1.82, 2.24) is 4.98 Å². The molecule has 1 aromatic rings. The second-order valence-electron chi connectivity index (χ2n) is 2.97. The molecular formula is C9H11BrN2. The van der Waals surface area contributed by atoms with Crippen LogP contribution in [-0.4, -0.2) is 11.5 Å². The van der Waals surface area contributed by atoms with E-state index in [-0.39, 0.29) is 0 Å². The number of alkyl halides is 1. The Labute approximate surface area is 80.5 Å². The highest BCUT2D eigenvalue weighted by Gasteiger charge is 2.09. The molecule has 0 amide bonds. The minimum Gasteiger partial charge on any atom is -0.370 e. The van der Waals surface area contributed by atoms with Crippen molar-refractivity contribution in [3.8, 4) is 0 Å². The summed E-state index contributed by atoms with van der Waals surface area (Å²) in [5.74, 6) is 1.08. The van der Waals surface area contributed by atoms with Gasteiger partial charge in [-0.25, -0.2) is 4.98 Å². The molecule has 0 saturated carbocycles. The Morgan fingerprint density at radius 1 is 1.50 bits per heavy atom. The first-order valence-corrected chi connectivity index (χ1v) is 5.31. The molecule has 2 rings (SSSR count). The molecule has 1 N–H and O–H groups in total. The van der Waals surface area contributed by atoms with Crippen LogP contribution < -0.4 is 5.32 Å². The fourth-order valence-corrected chi connectivity index (χ4v) is 1.76. The van der Waals surface area contributed by atoms with Crippen molar-refractivity contribution in [1.29, 1.82) is 0 Å². The largest absolute Gasteiger partial charge is 0.370 e. The zero-order valence-corrected chi connectivity index (χ0v) is 8.39. The SMILES string of the molecule is BrCc1ccc2c(n1)NCCC2. The van der Waals surface area contributed by atoms with Gasteiger partial charge in [-0.1, -0.05) is 22.0 Å². The third-order valence-electron chi connectivity index (χ3n) is 2.09. The molecule has 0 fully saturated rings. The van der Waals surface area contributed by atoms with E-state index in [9.17, 15) is 0 Å². The van der Waals surface area contributed by atoms with Gasteiger partial charge in [0.2, 0.25) is 0 Å². The summed E-state index contributed by atoms with van der Waals surface area (Å²) in [7, 11) is 0. The van der Waals surface area contributed by atoms with Crippen LogP contribution in [0.15, 0.2) is 12.1 Å². The number of nitrogens with zero attached hydrogens (tertiary/aromatic N) is 1. The lowest BCUT2D eigenvalue weighted by atomic mass is 10.1. The first-order chi connectivity index (χ1) is 5.90. The molecule has 0 spiro atoms. The molecule has 64 valence electrons. The van der Waals surface area contributed by atoms with Gasteiger partial charge in [0.25, 0.3) is 0 Å². The molecular weight excluding hydrogens is 216 g/mol. The highest BCUT2D eigenvalue weighted by atomic mass is 79.9. The summed E-state index contributed by atoms with van der Waals surface area (Å²) in [5.41, 5.74) is 2.45.